The molecule has 1 aromatic carbocycles. The van der Waals surface area contributed by atoms with Crippen molar-refractivity contribution in [1.82, 2.24) is 0 Å². The van der Waals surface area contributed by atoms with Gasteiger partial charge in [-0.25, -0.2) is 0 Å². The van der Waals surface area contributed by atoms with Crippen LogP contribution in [0, 0.1) is 22.7 Å². The molecule has 3 heteroatoms. The van der Waals surface area contributed by atoms with Crippen LogP contribution >= 0.6 is 0 Å². The second-order valence-electron chi connectivity index (χ2n) is 5.69. The molecule has 1 N–H and O–H groups in total. The van der Waals surface area contributed by atoms with Gasteiger partial charge in [0.2, 0.25) is 0 Å². The van der Waals surface area contributed by atoms with Crippen LogP contribution in [0.1, 0.15) is 43.4 Å². The Labute approximate surface area is 114 Å². The Kier molecular flexibility index (Phi) is 4.24. The fraction of sp³-hybridized carbons (Fsp3) is 0.562. The molecule has 0 amide bonds. The van der Waals surface area contributed by atoms with Gasteiger partial charge < -0.3 is 9.84 Å². The molecule has 0 aromatic heterocycles. The van der Waals surface area contributed by atoms with Crippen LogP contribution in [0.25, 0.3) is 0 Å². The SMILES string of the molecule is COCc1ccc(C(O)C2(C#N)CCC(C)C2)cc1. The van der Waals surface area contributed by atoms with Crippen molar-refractivity contribution in [2.45, 2.75) is 38.9 Å². The van der Waals surface area contributed by atoms with Crippen LogP contribution in [0.5, 0.6) is 0 Å². The van der Waals surface area contributed by atoms with Crippen LogP contribution in [-0.4, -0.2) is 12.2 Å². The van der Waals surface area contributed by atoms with Gasteiger partial charge in [-0.15, -0.1) is 0 Å². The molecule has 3 unspecified atom stereocenters. The first-order valence-electron chi connectivity index (χ1n) is 6.78. The highest BCUT2D eigenvalue weighted by Crippen LogP contribution is 2.49. The summed E-state index contributed by atoms with van der Waals surface area (Å²) in [7, 11) is 1.66. The first-order chi connectivity index (χ1) is 9.11. The Morgan fingerprint density at radius 2 is 2.16 bits per heavy atom. The summed E-state index contributed by atoms with van der Waals surface area (Å²) in [6.45, 7) is 2.71. The maximum absolute atomic E-state index is 10.6. The van der Waals surface area contributed by atoms with Gasteiger partial charge in [0.15, 0.2) is 0 Å². The van der Waals surface area contributed by atoms with Crippen molar-refractivity contribution >= 4 is 0 Å². The zero-order valence-corrected chi connectivity index (χ0v) is 11.6. The van der Waals surface area contributed by atoms with Gasteiger partial charge in [0.05, 0.1) is 24.2 Å². The van der Waals surface area contributed by atoms with E-state index in [0.717, 1.165) is 30.4 Å². The van der Waals surface area contributed by atoms with Crippen LogP contribution in [0.3, 0.4) is 0 Å². The molecular weight excluding hydrogens is 238 g/mol. The minimum atomic E-state index is -0.695. The largest absolute Gasteiger partial charge is 0.387 e. The van der Waals surface area contributed by atoms with Gasteiger partial charge >= 0.3 is 0 Å². The van der Waals surface area contributed by atoms with E-state index < -0.39 is 11.5 Å². The maximum Gasteiger partial charge on any atom is 0.0976 e. The minimum Gasteiger partial charge on any atom is -0.387 e. The van der Waals surface area contributed by atoms with Crippen LogP contribution in [-0.2, 0) is 11.3 Å². The highest BCUT2D eigenvalue weighted by Gasteiger charge is 2.44. The van der Waals surface area contributed by atoms with Gasteiger partial charge in [-0.2, -0.15) is 5.26 Å². The Hall–Kier alpha value is -1.37. The highest BCUT2D eigenvalue weighted by atomic mass is 16.5. The molecule has 0 heterocycles. The van der Waals surface area contributed by atoms with Crippen LogP contribution in [0.4, 0.5) is 0 Å². The summed E-state index contributed by atoms with van der Waals surface area (Å²) in [5.41, 5.74) is 1.29. The number of nitrogens with zero attached hydrogens (tertiary/aromatic N) is 1. The van der Waals surface area contributed by atoms with Gasteiger partial charge in [0, 0.05) is 7.11 Å². The molecule has 0 bridgehead atoms. The monoisotopic (exact) mass is 259 g/mol. The van der Waals surface area contributed by atoms with Crippen molar-refractivity contribution in [3.05, 3.63) is 35.4 Å². The van der Waals surface area contributed by atoms with Crippen molar-refractivity contribution < 1.29 is 9.84 Å². The molecule has 102 valence electrons. The smallest absolute Gasteiger partial charge is 0.0976 e. The standard InChI is InChI=1S/C16H21NO2/c1-12-7-8-16(9-12,11-17)15(18)14-5-3-13(4-6-14)10-19-2/h3-6,12,15,18H,7-10H2,1-2H3. The molecule has 1 aliphatic carbocycles. The predicted octanol–water partition coefficient (Wildman–Crippen LogP) is 3.20. The Morgan fingerprint density at radius 3 is 2.63 bits per heavy atom. The summed E-state index contributed by atoms with van der Waals surface area (Å²) in [5, 5.41) is 20.0. The summed E-state index contributed by atoms with van der Waals surface area (Å²) >= 11 is 0. The van der Waals surface area contributed by atoms with Crippen molar-refractivity contribution in [3.8, 4) is 6.07 Å². The Bertz CT molecular complexity index is 463. The zero-order chi connectivity index (χ0) is 13.9. The molecule has 1 fully saturated rings. The second kappa shape index (κ2) is 5.73. The van der Waals surface area contributed by atoms with E-state index in [2.05, 4.69) is 13.0 Å². The molecule has 3 nitrogen and oxygen atoms in total. The molecular formula is C16H21NO2. The van der Waals surface area contributed by atoms with Gasteiger partial charge in [-0.3, -0.25) is 0 Å². The summed E-state index contributed by atoms with van der Waals surface area (Å²) in [6.07, 6.45) is 1.89. The number of methoxy groups -OCH3 is 1. The van der Waals surface area contributed by atoms with E-state index in [1.54, 1.807) is 7.11 Å². The number of aliphatic hydroxyl groups excluding tert-OH is 1. The summed E-state index contributed by atoms with van der Waals surface area (Å²) < 4.78 is 5.07. The number of hydrogen-bond donors (Lipinski definition) is 1. The lowest BCUT2D eigenvalue weighted by atomic mass is 9.78. The fourth-order valence-electron chi connectivity index (χ4n) is 3.02. The number of rotatable bonds is 4. The van der Waals surface area contributed by atoms with Crippen molar-refractivity contribution in [2.75, 3.05) is 7.11 Å². The lowest BCUT2D eigenvalue weighted by Crippen LogP contribution is -2.24. The highest BCUT2D eigenvalue weighted by molar-refractivity contribution is 5.27. The number of benzene rings is 1. The second-order valence-corrected chi connectivity index (χ2v) is 5.69. The Morgan fingerprint density at radius 1 is 1.47 bits per heavy atom. The van der Waals surface area contributed by atoms with Crippen LogP contribution in [0.2, 0.25) is 0 Å². The third-order valence-electron chi connectivity index (χ3n) is 4.15. The molecule has 0 radical (unpaired) electrons. The molecule has 0 spiro atoms. The third-order valence-corrected chi connectivity index (χ3v) is 4.15. The lowest BCUT2D eigenvalue weighted by molar-refractivity contribution is 0.0646. The number of hydrogen-bond acceptors (Lipinski definition) is 3. The molecule has 1 saturated carbocycles. The zero-order valence-electron chi connectivity index (χ0n) is 11.6. The average Bonchev–Trinajstić information content (AvgIpc) is 2.82. The van der Waals surface area contributed by atoms with E-state index in [0.29, 0.717) is 12.5 Å². The fourth-order valence-corrected chi connectivity index (χ4v) is 3.02. The quantitative estimate of drug-likeness (QED) is 0.903. The molecule has 0 saturated heterocycles. The van der Waals surface area contributed by atoms with E-state index in [1.165, 1.54) is 0 Å². The van der Waals surface area contributed by atoms with E-state index in [9.17, 15) is 10.4 Å². The molecule has 0 aliphatic heterocycles. The maximum atomic E-state index is 10.6. The van der Waals surface area contributed by atoms with E-state index in [-0.39, 0.29) is 0 Å². The normalized spacial score (nSPS) is 28.0. The van der Waals surface area contributed by atoms with Gasteiger partial charge in [-0.05, 0) is 36.3 Å². The van der Waals surface area contributed by atoms with Crippen LogP contribution in [0.15, 0.2) is 24.3 Å². The first kappa shape index (κ1) is 14.0. The van der Waals surface area contributed by atoms with Gasteiger partial charge in [0.1, 0.15) is 0 Å². The van der Waals surface area contributed by atoms with Crippen LogP contribution < -0.4 is 0 Å². The molecule has 19 heavy (non-hydrogen) atoms. The third kappa shape index (κ3) is 2.80. The summed E-state index contributed by atoms with van der Waals surface area (Å²) in [4.78, 5) is 0. The van der Waals surface area contributed by atoms with Gasteiger partial charge in [-0.1, -0.05) is 31.2 Å². The van der Waals surface area contributed by atoms with Crippen molar-refractivity contribution in [2.24, 2.45) is 11.3 Å². The average molecular weight is 259 g/mol. The molecule has 2 rings (SSSR count). The minimum absolute atomic E-state index is 0.516. The van der Waals surface area contributed by atoms with E-state index >= 15 is 0 Å². The lowest BCUT2D eigenvalue weighted by Gasteiger charge is -2.27. The molecule has 1 aliphatic rings. The summed E-state index contributed by atoms with van der Waals surface area (Å²) in [5.74, 6) is 0.516. The number of aliphatic hydroxyl groups is 1. The number of nitriles is 1. The Balaban J connectivity index is 2.19. The molecule has 3 atom stereocenters. The summed E-state index contributed by atoms with van der Waals surface area (Å²) in [6, 6.07) is 10.1. The van der Waals surface area contributed by atoms with E-state index in [1.807, 2.05) is 24.3 Å². The van der Waals surface area contributed by atoms with Crippen molar-refractivity contribution in [3.63, 3.8) is 0 Å². The number of ether oxygens (including phenoxy) is 1. The van der Waals surface area contributed by atoms with Gasteiger partial charge in [0.25, 0.3) is 0 Å². The van der Waals surface area contributed by atoms with Crippen molar-refractivity contribution in [1.29, 1.82) is 5.26 Å². The topological polar surface area (TPSA) is 53.2 Å². The first-order valence-corrected chi connectivity index (χ1v) is 6.78. The molecule has 1 aromatic rings. The van der Waals surface area contributed by atoms with E-state index in [4.69, 9.17) is 4.74 Å². The predicted molar refractivity (Wildman–Crippen MR) is 73.2 cm³/mol.